The first-order valence-corrected chi connectivity index (χ1v) is 12.5. The van der Waals surface area contributed by atoms with E-state index < -0.39 is 17.7 Å². The molecule has 4 aromatic rings. The Morgan fingerprint density at radius 3 is 2.62 bits per heavy atom. The minimum absolute atomic E-state index is 0.0142. The molecule has 0 bridgehead atoms. The molecule has 2 aromatic carbocycles. The van der Waals surface area contributed by atoms with Crippen molar-refractivity contribution in [2.24, 2.45) is 5.92 Å². The van der Waals surface area contributed by atoms with E-state index in [9.17, 15) is 23.1 Å². The van der Waals surface area contributed by atoms with E-state index in [1.54, 1.807) is 12.1 Å². The van der Waals surface area contributed by atoms with Crippen molar-refractivity contribution in [3.8, 4) is 17.0 Å². The van der Waals surface area contributed by atoms with Gasteiger partial charge in [-0.25, -0.2) is 9.78 Å². The Kier molecular flexibility index (Phi) is 6.05. The number of carbonyl (C=O) groups is 1. The van der Waals surface area contributed by atoms with Crippen molar-refractivity contribution in [3.63, 3.8) is 0 Å². The Balaban J connectivity index is 1.24. The molecule has 1 aliphatic carbocycles. The molecule has 0 atom stereocenters. The van der Waals surface area contributed by atoms with E-state index >= 15 is 0 Å². The van der Waals surface area contributed by atoms with Crippen molar-refractivity contribution in [3.05, 3.63) is 77.2 Å². The van der Waals surface area contributed by atoms with Crippen LogP contribution in [0, 0.1) is 5.92 Å². The third-order valence-electron chi connectivity index (χ3n) is 7.19. The zero-order valence-corrected chi connectivity index (χ0v) is 20.9. The average molecular weight is 536 g/mol. The molecule has 0 amide bonds. The third kappa shape index (κ3) is 4.71. The van der Waals surface area contributed by atoms with Crippen LogP contribution in [0.5, 0.6) is 5.75 Å². The molecule has 1 N–H and O–H groups in total. The van der Waals surface area contributed by atoms with Crippen LogP contribution in [0.15, 0.2) is 59.1 Å². The number of aromatic nitrogens is 2. The maximum Gasteiger partial charge on any atom is 0.417 e. The van der Waals surface area contributed by atoms with Gasteiger partial charge in [-0.05, 0) is 37.1 Å². The molecule has 1 aliphatic heterocycles. The summed E-state index contributed by atoms with van der Waals surface area (Å²) >= 11 is 0. The van der Waals surface area contributed by atoms with E-state index in [0.717, 1.165) is 24.6 Å². The lowest BCUT2D eigenvalue weighted by molar-refractivity contribution is -0.137. The smallest absolute Gasteiger partial charge is 0.417 e. The van der Waals surface area contributed by atoms with Gasteiger partial charge in [-0.15, -0.1) is 0 Å². The number of fused-ring (bicyclic) bond motifs is 1. The van der Waals surface area contributed by atoms with Crippen LogP contribution < -0.4 is 9.64 Å². The minimum Gasteiger partial charge on any atom is -0.496 e. The summed E-state index contributed by atoms with van der Waals surface area (Å²) in [6, 6.07) is 12.4. The molecule has 10 heteroatoms. The van der Waals surface area contributed by atoms with Crippen molar-refractivity contribution in [1.82, 2.24) is 10.1 Å². The summed E-state index contributed by atoms with van der Waals surface area (Å²) < 4.78 is 52.1. The molecule has 1 saturated heterocycles. The van der Waals surface area contributed by atoms with Crippen molar-refractivity contribution in [2.75, 3.05) is 25.1 Å². The highest BCUT2D eigenvalue weighted by molar-refractivity contribution is 5.94. The zero-order valence-electron chi connectivity index (χ0n) is 20.9. The van der Waals surface area contributed by atoms with Gasteiger partial charge in [-0.2, -0.15) is 13.2 Å². The van der Waals surface area contributed by atoms with Crippen LogP contribution >= 0.6 is 0 Å². The Hall–Kier alpha value is -4.34. The first kappa shape index (κ1) is 25.0. The van der Waals surface area contributed by atoms with E-state index in [4.69, 9.17) is 9.26 Å². The van der Waals surface area contributed by atoms with Crippen LogP contribution in [-0.2, 0) is 6.18 Å². The summed E-state index contributed by atoms with van der Waals surface area (Å²) in [6.07, 6.45) is 1.23. The highest BCUT2D eigenvalue weighted by Crippen LogP contribution is 2.46. The summed E-state index contributed by atoms with van der Waals surface area (Å²) in [5, 5.41) is 14.1. The van der Waals surface area contributed by atoms with Crippen molar-refractivity contribution < 1.29 is 32.3 Å². The van der Waals surface area contributed by atoms with Crippen molar-refractivity contribution in [1.29, 1.82) is 0 Å². The predicted molar refractivity (Wildman–Crippen MR) is 139 cm³/mol. The zero-order chi connectivity index (χ0) is 27.3. The number of methoxy groups -OCH3 is 1. The highest BCUT2D eigenvalue weighted by atomic mass is 19.4. The Morgan fingerprint density at radius 2 is 1.92 bits per heavy atom. The molecule has 0 radical (unpaired) electrons. The van der Waals surface area contributed by atoms with Gasteiger partial charge in [0.05, 0.1) is 18.2 Å². The number of hydrogen-bond donors (Lipinski definition) is 1. The number of nitrogens with zero attached hydrogens (tertiary/aromatic N) is 3. The highest BCUT2D eigenvalue weighted by Gasteiger charge is 2.37. The number of alkyl halides is 3. The lowest BCUT2D eigenvalue weighted by Gasteiger charge is -2.39. The summed E-state index contributed by atoms with van der Waals surface area (Å²) in [6.45, 7) is 1.42. The summed E-state index contributed by atoms with van der Waals surface area (Å²) in [4.78, 5) is 17.7. The van der Waals surface area contributed by atoms with Crippen LogP contribution in [0.3, 0.4) is 0 Å². The van der Waals surface area contributed by atoms with Crippen molar-refractivity contribution in [2.45, 2.75) is 24.9 Å². The van der Waals surface area contributed by atoms with Gasteiger partial charge < -0.3 is 19.3 Å². The molecule has 39 heavy (non-hydrogen) atoms. The second-order valence-electron chi connectivity index (χ2n) is 9.87. The molecule has 2 aliphatic rings. The third-order valence-corrected chi connectivity index (χ3v) is 7.19. The number of carboxylic acid groups (broad SMARTS) is 1. The van der Waals surface area contributed by atoms with Gasteiger partial charge in [-0.1, -0.05) is 35.5 Å². The first-order valence-electron chi connectivity index (χ1n) is 12.5. The van der Waals surface area contributed by atoms with Crippen LogP contribution in [0.25, 0.3) is 28.2 Å². The van der Waals surface area contributed by atoms with Gasteiger partial charge in [0.1, 0.15) is 17.2 Å². The maximum atomic E-state index is 13.7. The SMILES string of the molecule is COc1cc(C(=O)O)nc2ccc(N3CC(/C=C/c4c(-c5ccccc5C(F)(F)F)noc4C4CC4)C3)cc12. The topological polar surface area (TPSA) is 88.7 Å². The minimum atomic E-state index is -4.50. The Morgan fingerprint density at radius 1 is 1.15 bits per heavy atom. The Bertz CT molecular complexity index is 1600. The van der Waals surface area contributed by atoms with Crippen molar-refractivity contribution >= 4 is 28.6 Å². The summed E-state index contributed by atoms with van der Waals surface area (Å²) in [5.41, 5.74) is 1.49. The maximum absolute atomic E-state index is 13.7. The number of rotatable bonds is 7. The second-order valence-corrected chi connectivity index (χ2v) is 9.87. The molecule has 2 fully saturated rings. The molecule has 3 heterocycles. The van der Waals surface area contributed by atoms with E-state index in [1.165, 1.54) is 25.3 Å². The summed E-state index contributed by atoms with van der Waals surface area (Å²) in [5.74, 6) is 0.319. The molecule has 200 valence electrons. The molecule has 6 rings (SSSR count). The van der Waals surface area contributed by atoms with E-state index in [0.29, 0.717) is 41.1 Å². The van der Waals surface area contributed by atoms with Crippen LogP contribution in [0.2, 0.25) is 0 Å². The fourth-order valence-corrected chi connectivity index (χ4v) is 4.98. The lowest BCUT2D eigenvalue weighted by Crippen LogP contribution is -2.45. The van der Waals surface area contributed by atoms with Gasteiger partial charge in [0.15, 0.2) is 5.69 Å². The molecular weight excluding hydrogens is 511 g/mol. The van der Waals surface area contributed by atoms with Gasteiger partial charge in [0, 0.05) is 53.2 Å². The monoisotopic (exact) mass is 535 g/mol. The van der Waals surface area contributed by atoms with Gasteiger partial charge in [-0.3, -0.25) is 0 Å². The first-order chi connectivity index (χ1) is 18.7. The van der Waals surface area contributed by atoms with Gasteiger partial charge in [0.25, 0.3) is 0 Å². The number of hydrogen-bond acceptors (Lipinski definition) is 6. The molecule has 0 spiro atoms. The lowest BCUT2D eigenvalue weighted by atomic mass is 9.95. The number of anilines is 1. The quantitative estimate of drug-likeness (QED) is 0.284. The number of aromatic carboxylic acids is 1. The molecular formula is C29H24F3N3O4. The van der Waals surface area contributed by atoms with E-state index in [1.807, 2.05) is 24.3 Å². The number of pyridine rings is 1. The van der Waals surface area contributed by atoms with E-state index in [-0.39, 0.29) is 28.8 Å². The second kappa shape index (κ2) is 9.44. The fraction of sp³-hybridized carbons (Fsp3) is 0.276. The van der Waals surface area contributed by atoms with Crippen LogP contribution in [0.1, 0.15) is 46.1 Å². The van der Waals surface area contributed by atoms with E-state index in [2.05, 4.69) is 15.0 Å². The normalized spacial score (nSPS) is 16.2. The molecule has 7 nitrogen and oxygen atoms in total. The number of ether oxygens (including phenoxy) is 1. The number of carboxylic acids is 1. The van der Waals surface area contributed by atoms with Gasteiger partial charge in [0.2, 0.25) is 0 Å². The number of benzene rings is 2. The van der Waals surface area contributed by atoms with Gasteiger partial charge >= 0.3 is 12.1 Å². The van der Waals surface area contributed by atoms with Crippen LogP contribution in [0.4, 0.5) is 18.9 Å². The number of halogens is 3. The van der Waals surface area contributed by atoms with Crippen LogP contribution in [-0.4, -0.2) is 41.4 Å². The Labute approximate surface area is 221 Å². The average Bonchev–Trinajstić information content (AvgIpc) is 3.65. The largest absolute Gasteiger partial charge is 0.496 e. The standard InChI is InChI=1S/C29H24F3N3O4/c1-38-25-13-24(28(36)37)33-23-11-9-18(12-21(23)25)35-14-16(15-35)6-10-20-26(34-39-27(20)17-7-8-17)19-4-2-3-5-22(19)29(30,31)32/h2-6,9-13,16-17H,7-8,14-15H2,1H3,(H,36,37)/b10-6+. The fourth-order valence-electron chi connectivity index (χ4n) is 4.98. The summed E-state index contributed by atoms with van der Waals surface area (Å²) in [7, 11) is 1.49. The molecule has 1 saturated carbocycles. The molecule has 2 aromatic heterocycles. The molecule has 0 unspecified atom stereocenters. The predicted octanol–water partition coefficient (Wildman–Crippen LogP) is 6.64.